The highest BCUT2D eigenvalue weighted by atomic mass is 32.1. The van der Waals surface area contributed by atoms with Crippen LogP contribution < -0.4 is 14.8 Å². The highest BCUT2D eigenvalue weighted by molar-refractivity contribution is 7.16. The van der Waals surface area contributed by atoms with Gasteiger partial charge in [0.15, 0.2) is 18.1 Å². The van der Waals surface area contributed by atoms with Gasteiger partial charge in [0.2, 0.25) is 0 Å². The van der Waals surface area contributed by atoms with Gasteiger partial charge in [-0.25, -0.2) is 4.79 Å². The Hall–Kier alpha value is -3.05. The van der Waals surface area contributed by atoms with Crippen molar-refractivity contribution in [1.82, 2.24) is 0 Å². The lowest BCUT2D eigenvalue weighted by molar-refractivity contribution is -0.119. The Bertz CT molecular complexity index is 1010. The van der Waals surface area contributed by atoms with Gasteiger partial charge in [0.1, 0.15) is 11.1 Å². The van der Waals surface area contributed by atoms with Gasteiger partial charge in [-0.2, -0.15) is 5.26 Å². The molecule has 1 heterocycles. The number of fused-ring (bicyclic) bond motifs is 1. The van der Waals surface area contributed by atoms with Crippen LogP contribution in [0.3, 0.4) is 0 Å². The minimum atomic E-state index is -0.640. The number of nitrogens with zero attached hydrogens (tertiary/aromatic N) is 1. The molecule has 1 aliphatic carbocycles. The lowest BCUT2D eigenvalue weighted by Gasteiger charge is -2.17. The quantitative estimate of drug-likeness (QED) is 0.611. The fourth-order valence-electron chi connectivity index (χ4n) is 3.51. The maximum absolute atomic E-state index is 12.4. The van der Waals surface area contributed by atoms with E-state index in [4.69, 9.17) is 14.2 Å². The zero-order valence-electron chi connectivity index (χ0n) is 17.9. The normalized spacial score (nSPS) is 14.8. The van der Waals surface area contributed by atoms with Crippen molar-refractivity contribution in [2.75, 3.05) is 25.1 Å². The molecule has 3 rings (SSSR count). The molecule has 0 fully saturated rings. The van der Waals surface area contributed by atoms with Gasteiger partial charge in [0, 0.05) is 4.88 Å². The Morgan fingerprint density at radius 3 is 2.68 bits per heavy atom. The number of thiophene rings is 1. The Labute approximate surface area is 185 Å². The van der Waals surface area contributed by atoms with E-state index < -0.39 is 18.5 Å². The monoisotopic (exact) mass is 442 g/mol. The van der Waals surface area contributed by atoms with Gasteiger partial charge in [0.05, 0.1) is 24.3 Å². The van der Waals surface area contributed by atoms with Crippen molar-refractivity contribution in [3.8, 4) is 17.6 Å². The van der Waals surface area contributed by atoms with Crippen LogP contribution in [0.5, 0.6) is 11.5 Å². The van der Waals surface area contributed by atoms with Crippen molar-refractivity contribution < 1.29 is 23.8 Å². The predicted molar refractivity (Wildman–Crippen MR) is 118 cm³/mol. The molecule has 0 aliphatic heterocycles. The van der Waals surface area contributed by atoms with Crippen molar-refractivity contribution in [2.45, 2.75) is 40.0 Å². The molecule has 1 amide bonds. The second-order valence-corrected chi connectivity index (χ2v) is 8.42. The van der Waals surface area contributed by atoms with Crippen LogP contribution in [-0.4, -0.2) is 31.7 Å². The fraction of sp³-hybridized carbons (Fsp3) is 0.435. The molecule has 0 saturated carbocycles. The van der Waals surface area contributed by atoms with Gasteiger partial charge in [-0.05, 0) is 62.8 Å². The number of benzene rings is 1. The number of carbonyl (C=O) groups excluding carboxylic acids is 2. The second-order valence-electron chi connectivity index (χ2n) is 7.32. The van der Waals surface area contributed by atoms with Gasteiger partial charge < -0.3 is 19.5 Å². The van der Waals surface area contributed by atoms with E-state index in [1.54, 1.807) is 12.1 Å². The highest BCUT2D eigenvalue weighted by Crippen LogP contribution is 2.39. The Kier molecular flexibility index (Phi) is 7.53. The molecular weight excluding hydrogens is 416 g/mol. The third-order valence-corrected chi connectivity index (χ3v) is 6.16. The third kappa shape index (κ3) is 5.36. The van der Waals surface area contributed by atoms with Gasteiger partial charge in [-0.15, -0.1) is 11.3 Å². The molecule has 1 aromatic carbocycles. The van der Waals surface area contributed by atoms with E-state index >= 15 is 0 Å². The van der Waals surface area contributed by atoms with E-state index in [1.807, 2.05) is 13.8 Å². The molecule has 1 N–H and O–H groups in total. The lowest BCUT2D eigenvalue weighted by atomic mass is 9.89. The van der Waals surface area contributed by atoms with Gasteiger partial charge >= 0.3 is 5.97 Å². The first-order valence-corrected chi connectivity index (χ1v) is 11.2. The third-order valence-electron chi connectivity index (χ3n) is 4.99. The summed E-state index contributed by atoms with van der Waals surface area (Å²) >= 11 is 1.44. The topological polar surface area (TPSA) is 97.6 Å². The zero-order valence-corrected chi connectivity index (χ0v) is 18.8. The largest absolute Gasteiger partial charge is 0.490 e. The number of esters is 1. The molecule has 164 valence electrons. The smallest absolute Gasteiger partial charge is 0.338 e. The molecule has 7 nitrogen and oxygen atoms in total. The van der Waals surface area contributed by atoms with Gasteiger partial charge in [-0.1, -0.05) is 6.92 Å². The van der Waals surface area contributed by atoms with Crippen LogP contribution in [0, 0.1) is 17.2 Å². The summed E-state index contributed by atoms with van der Waals surface area (Å²) in [5.74, 6) is 0.434. The number of amides is 1. The van der Waals surface area contributed by atoms with Crippen LogP contribution in [0.4, 0.5) is 5.00 Å². The summed E-state index contributed by atoms with van der Waals surface area (Å²) in [6, 6.07) is 6.96. The number of anilines is 1. The molecular formula is C23H26N2O5S. The van der Waals surface area contributed by atoms with E-state index in [1.165, 1.54) is 17.4 Å². The van der Waals surface area contributed by atoms with Crippen LogP contribution in [-0.2, 0) is 22.4 Å². The highest BCUT2D eigenvalue weighted by Gasteiger charge is 2.25. The van der Waals surface area contributed by atoms with E-state index in [9.17, 15) is 14.9 Å². The summed E-state index contributed by atoms with van der Waals surface area (Å²) in [7, 11) is 0. The van der Waals surface area contributed by atoms with E-state index in [0.29, 0.717) is 41.2 Å². The van der Waals surface area contributed by atoms with Crippen LogP contribution in [0.2, 0.25) is 0 Å². The van der Waals surface area contributed by atoms with Gasteiger partial charge in [-0.3, -0.25) is 4.79 Å². The molecule has 1 atom stereocenters. The molecule has 2 aromatic rings. The van der Waals surface area contributed by atoms with Crippen molar-refractivity contribution in [3.05, 3.63) is 39.8 Å². The van der Waals surface area contributed by atoms with Crippen molar-refractivity contribution in [2.24, 2.45) is 5.92 Å². The summed E-state index contributed by atoms with van der Waals surface area (Å²) in [5.41, 5.74) is 1.83. The summed E-state index contributed by atoms with van der Waals surface area (Å²) in [4.78, 5) is 25.9. The van der Waals surface area contributed by atoms with Crippen molar-refractivity contribution >= 4 is 28.2 Å². The number of nitrogens with one attached hydrogen (secondary N) is 1. The standard InChI is InChI=1S/C23H26N2O5S/c1-4-28-18-9-7-15(11-19(18)29-5-2)23(27)30-13-21(26)25-22-17(12-24)16-8-6-14(3)10-20(16)31-22/h7,9,11,14H,4-6,8,10,13H2,1-3H3,(H,25,26)/t14-/m0/s1. The first-order chi connectivity index (χ1) is 15.0. The maximum atomic E-state index is 12.4. The summed E-state index contributed by atoms with van der Waals surface area (Å²) < 4.78 is 16.2. The molecule has 0 saturated heterocycles. The summed E-state index contributed by atoms with van der Waals surface area (Å²) in [6.45, 7) is 6.33. The Morgan fingerprint density at radius 2 is 1.97 bits per heavy atom. The van der Waals surface area contributed by atoms with E-state index in [-0.39, 0.29) is 5.56 Å². The summed E-state index contributed by atoms with van der Waals surface area (Å²) in [5, 5.41) is 12.8. The number of hydrogen-bond donors (Lipinski definition) is 1. The van der Waals surface area contributed by atoms with Crippen LogP contribution in [0.15, 0.2) is 18.2 Å². The van der Waals surface area contributed by atoms with Crippen LogP contribution >= 0.6 is 11.3 Å². The maximum Gasteiger partial charge on any atom is 0.338 e. The van der Waals surface area contributed by atoms with Gasteiger partial charge in [0.25, 0.3) is 5.91 Å². The Morgan fingerprint density at radius 1 is 1.23 bits per heavy atom. The number of nitriles is 1. The average Bonchev–Trinajstić information content (AvgIpc) is 3.09. The van der Waals surface area contributed by atoms with E-state index in [2.05, 4.69) is 18.3 Å². The molecule has 0 bridgehead atoms. The van der Waals surface area contributed by atoms with Crippen molar-refractivity contribution in [3.63, 3.8) is 0 Å². The number of rotatable bonds is 8. The zero-order chi connectivity index (χ0) is 22.4. The molecule has 8 heteroatoms. The molecule has 1 aromatic heterocycles. The average molecular weight is 443 g/mol. The minimum absolute atomic E-state index is 0.262. The molecule has 1 aliphatic rings. The minimum Gasteiger partial charge on any atom is -0.490 e. The second kappa shape index (κ2) is 10.3. The number of hydrogen-bond acceptors (Lipinski definition) is 7. The first-order valence-electron chi connectivity index (χ1n) is 10.4. The summed E-state index contributed by atoms with van der Waals surface area (Å²) in [6.07, 6.45) is 2.80. The number of carbonyl (C=O) groups is 2. The fourth-order valence-corrected chi connectivity index (χ4v) is 4.89. The lowest BCUT2D eigenvalue weighted by Crippen LogP contribution is -2.21. The molecule has 31 heavy (non-hydrogen) atoms. The predicted octanol–water partition coefficient (Wildman–Crippen LogP) is 4.34. The first kappa shape index (κ1) is 22.6. The van der Waals surface area contributed by atoms with Crippen molar-refractivity contribution in [1.29, 1.82) is 5.26 Å². The number of ether oxygens (including phenoxy) is 3. The molecule has 0 unspecified atom stereocenters. The molecule has 0 radical (unpaired) electrons. The van der Waals surface area contributed by atoms with Crippen LogP contribution in [0.1, 0.15) is 53.6 Å². The van der Waals surface area contributed by atoms with E-state index in [0.717, 1.165) is 29.7 Å². The SMILES string of the molecule is CCOc1ccc(C(=O)OCC(=O)Nc2sc3c(c2C#N)CC[C@H](C)C3)cc1OCC. The molecule has 0 spiro atoms. The Balaban J connectivity index is 1.63. The van der Waals surface area contributed by atoms with Crippen LogP contribution in [0.25, 0.3) is 0 Å².